The van der Waals surface area contributed by atoms with Gasteiger partial charge in [-0.3, -0.25) is 5.32 Å². The molecule has 0 amide bonds. The monoisotopic (exact) mass is 336 g/mol. The van der Waals surface area contributed by atoms with E-state index in [1.807, 2.05) is 6.07 Å². The van der Waals surface area contributed by atoms with Crippen LogP contribution in [0, 0.1) is 18.8 Å². The van der Waals surface area contributed by atoms with E-state index >= 15 is 0 Å². The minimum absolute atomic E-state index is 0.137. The lowest BCUT2D eigenvalue weighted by atomic mass is 9.76. The molecule has 4 atom stereocenters. The molecule has 2 aliphatic rings. The highest BCUT2D eigenvalue weighted by Crippen LogP contribution is 2.51. The number of hydrogen-bond donors (Lipinski definition) is 2. The normalized spacial score (nSPS) is 32.0. The Morgan fingerprint density at radius 3 is 2.48 bits per heavy atom. The Morgan fingerprint density at radius 1 is 1.08 bits per heavy atom. The second kappa shape index (κ2) is 6.56. The van der Waals surface area contributed by atoms with Gasteiger partial charge in [-0.15, -0.1) is 0 Å². The molecule has 2 fully saturated rings. The van der Waals surface area contributed by atoms with Crippen LogP contribution in [0.25, 0.3) is 0 Å². The molecular weight excluding hydrogens is 308 g/mol. The van der Waals surface area contributed by atoms with Gasteiger partial charge in [-0.2, -0.15) is 0 Å². The van der Waals surface area contributed by atoms with Crippen LogP contribution in [-0.4, -0.2) is 36.2 Å². The molecule has 2 heterocycles. The lowest BCUT2D eigenvalue weighted by Crippen LogP contribution is -2.48. The highest BCUT2D eigenvalue weighted by molar-refractivity contribution is 5.36. The second-order valence-electron chi connectivity index (χ2n) is 7.60. The van der Waals surface area contributed by atoms with E-state index in [1.165, 1.54) is 16.7 Å². The average molecular weight is 336 g/mol. The van der Waals surface area contributed by atoms with Crippen molar-refractivity contribution in [1.29, 1.82) is 0 Å². The number of aryl methyl sites for hydroxylation is 1. The second-order valence-corrected chi connectivity index (χ2v) is 7.60. The van der Waals surface area contributed by atoms with E-state index < -0.39 is 0 Å². The van der Waals surface area contributed by atoms with Crippen LogP contribution >= 0.6 is 0 Å². The summed E-state index contributed by atoms with van der Waals surface area (Å²) in [6.45, 7) is 7.79. The molecule has 2 aromatic rings. The van der Waals surface area contributed by atoms with Crippen LogP contribution in [-0.2, 0) is 5.54 Å². The van der Waals surface area contributed by atoms with Crippen LogP contribution in [0.3, 0.4) is 0 Å². The van der Waals surface area contributed by atoms with E-state index in [0.29, 0.717) is 11.8 Å². The maximum absolute atomic E-state index is 10.5. The van der Waals surface area contributed by atoms with E-state index in [1.54, 1.807) is 0 Å². The molecule has 4 rings (SSSR count). The van der Waals surface area contributed by atoms with Gasteiger partial charge in [0.2, 0.25) is 0 Å². The van der Waals surface area contributed by atoms with Crippen molar-refractivity contribution in [1.82, 2.24) is 10.2 Å². The Kier molecular flexibility index (Phi) is 4.40. The number of nitrogens with zero attached hydrogens (tertiary/aromatic N) is 1. The van der Waals surface area contributed by atoms with Crippen LogP contribution in [0.4, 0.5) is 0 Å². The van der Waals surface area contributed by atoms with Crippen molar-refractivity contribution in [2.24, 2.45) is 11.8 Å². The Bertz CT molecular complexity index is 732. The molecule has 0 bridgehead atoms. The van der Waals surface area contributed by atoms with Gasteiger partial charge in [0.05, 0.1) is 12.1 Å². The number of benzene rings is 2. The number of aliphatic hydroxyl groups excluding tert-OH is 1. The molecule has 132 valence electrons. The molecule has 25 heavy (non-hydrogen) atoms. The first kappa shape index (κ1) is 16.8. The van der Waals surface area contributed by atoms with Crippen LogP contribution in [0.2, 0.25) is 0 Å². The van der Waals surface area contributed by atoms with Crippen molar-refractivity contribution in [2.75, 3.05) is 26.2 Å². The zero-order valence-electron chi connectivity index (χ0n) is 15.2. The number of likely N-dealkylation sites (tertiary alicyclic amines) is 1. The third kappa shape index (κ3) is 2.62. The molecule has 0 saturated carbocycles. The first-order valence-electron chi connectivity index (χ1n) is 9.41. The predicted octanol–water partition coefficient (Wildman–Crippen LogP) is 3.10. The first-order chi connectivity index (χ1) is 12.2. The zero-order valence-corrected chi connectivity index (χ0v) is 15.2. The molecule has 0 spiro atoms. The fourth-order valence-corrected chi connectivity index (χ4v) is 5.05. The minimum Gasteiger partial charge on any atom is -0.394 e. The highest BCUT2D eigenvalue weighted by atomic mass is 16.3. The van der Waals surface area contributed by atoms with Gasteiger partial charge in [0.1, 0.15) is 0 Å². The smallest absolute Gasteiger partial charge is 0.0718 e. The summed E-state index contributed by atoms with van der Waals surface area (Å²) >= 11 is 0. The van der Waals surface area contributed by atoms with Crippen LogP contribution in [0.15, 0.2) is 54.6 Å². The Labute approximate surface area is 150 Å². The summed E-state index contributed by atoms with van der Waals surface area (Å²) in [5, 5.41) is 14.4. The van der Waals surface area contributed by atoms with Gasteiger partial charge >= 0.3 is 0 Å². The summed E-state index contributed by atoms with van der Waals surface area (Å²) in [6.07, 6.45) is 0. The van der Waals surface area contributed by atoms with Crippen molar-refractivity contribution in [3.63, 3.8) is 0 Å². The molecule has 2 aliphatic heterocycles. The summed E-state index contributed by atoms with van der Waals surface area (Å²) in [6, 6.07) is 19.5. The van der Waals surface area contributed by atoms with Gasteiger partial charge in [-0.1, -0.05) is 61.5 Å². The van der Waals surface area contributed by atoms with E-state index in [2.05, 4.69) is 72.6 Å². The average Bonchev–Trinajstić information content (AvgIpc) is 3.21. The zero-order chi connectivity index (χ0) is 17.4. The molecule has 0 radical (unpaired) electrons. The highest BCUT2D eigenvalue weighted by Gasteiger charge is 2.57. The SMILES string of the molecule is CCN1C[C@H]2[C@@H](C1)[C@](CO)(c1ccccc1)N[C@H]2c1ccccc1C. The fraction of sp³-hybridized carbons (Fsp3) is 0.455. The first-order valence-corrected chi connectivity index (χ1v) is 9.41. The van der Waals surface area contributed by atoms with Crippen LogP contribution in [0.1, 0.15) is 29.7 Å². The summed E-state index contributed by atoms with van der Waals surface area (Å²) in [5.74, 6) is 0.942. The molecule has 2 N–H and O–H groups in total. The van der Waals surface area contributed by atoms with E-state index in [4.69, 9.17) is 0 Å². The largest absolute Gasteiger partial charge is 0.394 e. The van der Waals surface area contributed by atoms with E-state index in [-0.39, 0.29) is 18.2 Å². The van der Waals surface area contributed by atoms with Gasteiger partial charge in [-0.25, -0.2) is 0 Å². The van der Waals surface area contributed by atoms with Gasteiger partial charge in [0.25, 0.3) is 0 Å². The fourth-order valence-electron chi connectivity index (χ4n) is 5.05. The summed E-state index contributed by atoms with van der Waals surface area (Å²) < 4.78 is 0. The maximum atomic E-state index is 10.5. The topological polar surface area (TPSA) is 35.5 Å². The number of hydrogen-bond acceptors (Lipinski definition) is 3. The quantitative estimate of drug-likeness (QED) is 0.901. The van der Waals surface area contributed by atoms with Crippen molar-refractivity contribution >= 4 is 0 Å². The van der Waals surface area contributed by atoms with E-state index in [9.17, 15) is 5.11 Å². The van der Waals surface area contributed by atoms with Crippen LogP contribution in [0.5, 0.6) is 0 Å². The van der Waals surface area contributed by atoms with Crippen LogP contribution < -0.4 is 5.32 Å². The lowest BCUT2D eigenvalue weighted by molar-refractivity contribution is 0.127. The summed E-state index contributed by atoms with van der Waals surface area (Å²) in [4.78, 5) is 2.54. The van der Waals surface area contributed by atoms with Gasteiger partial charge in [0, 0.05) is 25.0 Å². The van der Waals surface area contributed by atoms with Gasteiger partial charge in [-0.05, 0) is 36.1 Å². The number of aliphatic hydroxyl groups is 1. The molecule has 0 aliphatic carbocycles. The number of nitrogens with one attached hydrogen (secondary N) is 1. The molecule has 0 unspecified atom stereocenters. The Hall–Kier alpha value is -1.68. The number of rotatable bonds is 4. The molecule has 2 aromatic carbocycles. The molecule has 0 aromatic heterocycles. The van der Waals surface area contributed by atoms with Crippen molar-refractivity contribution in [3.05, 3.63) is 71.3 Å². The van der Waals surface area contributed by atoms with Gasteiger partial charge < -0.3 is 10.0 Å². The molecule has 2 saturated heterocycles. The van der Waals surface area contributed by atoms with E-state index in [0.717, 1.165) is 19.6 Å². The standard InChI is InChI=1S/C22H28N2O/c1-3-24-13-19-20(14-24)22(15-25,17-10-5-4-6-11-17)23-21(19)18-12-8-7-9-16(18)2/h4-12,19-21,23,25H,3,13-15H2,1-2H3/t19-,20+,21-,22-/m0/s1. The number of fused-ring (bicyclic) bond motifs is 1. The molecular formula is C22H28N2O. The predicted molar refractivity (Wildman–Crippen MR) is 101 cm³/mol. The Morgan fingerprint density at radius 2 is 1.80 bits per heavy atom. The summed E-state index contributed by atoms with van der Waals surface area (Å²) in [7, 11) is 0. The third-order valence-electron chi connectivity index (χ3n) is 6.42. The lowest BCUT2D eigenvalue weighted by Gasteiger charge is -2.35. The maximum Gasteiger partial charge on any atom is 0.0718 e. The molecule has 3 nitrogen and oxygen atoms in total. The molecule has 3 heteroatoms. The third-order valence-corrected chi connectivity index (χ3v) is 6.42. The van der Waals surface area contributed by atoms with Crippen molar-refractivity contribution in [3.8, 4) is 0 Å². The van der Waals surface area contributed by atoms with Crippen molar-refractivity contribution in [2.45, 2.75) is 25.4 Å². The van der Waals surface area contributed by atoms with Crippen molar-refractivity contribution < 1.29 is 5.11 Å². The van der Waals surface area contributed by atoms with Gasteiger partial charge in [0.15, 0.2) is 0 Å². The summed E-state index contributed by atoms with van der Waals surface area (Å²) in [5.41, 5.74) is 3.56. The minimum atomic E-state index is -0.358. The Balaban J connectivity index is 1.80.